The number of benzene rings is 4. The number of rotatable bonds is 8. The molecule has 4 aromatic carbocycles. The molecule has 1 heterocycles. The van der Waals surface area contributed by atoms with Crippen LogP contribution in [0, 0.1) is 0 Å². The third-order valence-electron chi connectivity index (χ3n) is 7.01. The summed E-state index contributed by atoms with van der Waals surface area (Å²) in [6.07, 6.45) is 1.60. The van der Waals surface area contributed by atoms with E-state index in [-0.39, 0.29) is 11.5 Å². The molecule has 0 saturated heterocycles. The van der Waals surface area contributed by atoms with Crippen molar-refractivity contribution in [1.82, 2.24) is 14.5 Å². The van der Waals surface area contributed by atoms with Crippen molar-refractivity contribution in [2.45, 2.75) is 32.7 Å². The minimum atomic E-state index is -0.463. The Labute approximate surface area is 223 Å². The summed E-state index contributed by atoms with van der Waals surface area (Å²) in [5.74, 6) is 0.444. The first-order chi connectivity index (χ1) is 18.6. The molecule has 5 aromatic rings. The van der Waals surface area contributed by atoms with Crippen LogP contribution in [-0.4, -0.2) is 26.9 Å². The Morgan fingerprint density at radius 3 is 2.13 bits per heavy atom. The van der Waals surface area contributed by atoms with E-state index in [0.717, 1.165) is 17.7 Å². The van der Waals surface area contributed by atoms with Gasteiger partial charge in [-0.05, 0) is 67.3 Å². The predicted molar refractivity (Wildman–Crippen MR) is 153 cm³/mol. The minimum absolute atomic E-state index is 0.0932. The second kappa shape index (κ2) is 11.3. The normalized spacial score (nSPS) is 11.8. The first-order valence-corrected chi connectivity index (χ1v) is 13.1. The zero-order valence-electron chi connectivity index (χ0n) is 21.7. The van der Waals surface area contributed by atoms with Crippen molar-refractivity contribution in [2.75, 3.05) is 6.54 Å². The van der Waals surface area contributed by atoms with E-state index in [9.17, 15) is 9.59 Å². The van der Waals surface area contributed by atoms with Gasteiger partial charge in [-0.3, -0.25) is 14.2 Å². The first kappa shape index (κ1) is 25.2. The third kappa shape index (κ3) is 5.14. The van der Waals surface area contributed by atoms with Crippen LogP contribution in [0.2, 0.25) is 0 Å². The quantitative estimate of drug-likeness (QED) is 0.247. The van der Waals surface area contributed by atoms with Gasteiger partial charge >= 0.3 is 0 Å². The molecule has 0 N–H and O–H groups in total. The molecule has 5 heteroatoms. The SMILES string of the molecule is CCc1ccc(-n2c(C(C)N(CCc3ccccc3)C(=O)c3ccccc3)nc3ccccc3c2=O)cc1. The molecule has 190 valence electrons. The van der Waals surface area contributed by atoms with E-state index >= 15 is 0 Å². The fraction of sp³-hybridized carbons (Fsp3) is 0.182. The Balaban J connectivity index is 1.64. The van der Waals surface area contributed by atoms with E-state index in [1.807, 2.05) is 103 Å². The van der Waals surface area contributed by atoms with Gasteiger partial charge in [-0.15, -0.1) is 0 Å². The Bertz CT molecular complexity index is 1590. The summed E-state index contributed by atoms with van der Waals surface area (Å²) >= 11 is 0. The van der Waals surface area contributed by atoms with Crippen LogP contribution in [0.15, 0.2) is 114 Å². The molecule has 0 saturated carbocycles. The summed E-state index contributed by atoms with van der Waals surface area (Å²) in [6.45, 7) is 4.54. The van der Waals surface area contributed by atoms with Gasteiger partial charge in [-0.25, -0.2) is 4.98 Å². The Kier molecular flexibility index (Phi) is 7.45. The van der Waals surface area contributed by atoms with Crippen LogP contribution >= 0.6 is 0 Å². The van der Waals surface area contributed by atoms with Crippen molar-refractivity contribution in [3.8, 4) is 5.69 Å². The van der Waals surface area contributed by atoms with E-state index < -0.39 is 6.04 Å². The number of para-hydroxylation sites is 1. The van der Waals surface area contributed by atoms with E-state index in [1.54, 1.807) is 10.6 Å². The molecule has 5 rings (SSSR count). The second-order valence-corrected chi connectivity index (χ2v) is 9.42. The summed E-state index contributed by atoms with van der Waals surface area (Å²) in [4.78, 5) is 34.5. The van der Waals surface area contributed by atoms with E-state index in [2.05, 4.69) is 19.1 Å². The number of fused-ring (bicyclic) bond motifs is 1. The molecule has 0 spiro atoms. The number of amides is 1. The van der Waals surface area contributed by atoms with Crippen molar-refractivity contribution in [1.29, 1.82) is 0 Å². The molecule has 0 radical (unpaired) electrons. The minimum Gasteiger partial charge on any atom is -0.328 e. The average Bonchev–Trinajstić information content (AvgIpc) is 2.98. The van der Waals surface area contributed by atoms with Gasteiger partial charge < -0.3 is 4.90 Å². The molecule has 0 fully saturated rings. The number of carbonyl (C=O) groups is 1. The van der Waals surface area contributed by atoms with Gasteiger partial charge in [0.05, 0.1) is 22.6 Å². The average molecular weight is 502 g/mol. The highest BCUT2D eigenvalue weighted by Gasteiger charge is 2.27. The van der Waals surface area contributed by atoms with Crippen LogP contribution in [0.1, 0.15) is 47.2 Å². The van der Waals surface area contributed by atoms with Crippen molar-refractivity contribution < 1.29 is 4.79 Å². The van der Waals surface area contributed by atoms with Gasteiger partial charge in [0.2, 0.25) is 0 Å². The monoisotopic (exact) mass is 501 g/mol. The van der Waals surface area contributed by atoms with Gasteiger partial charge in [0.25, 0.3) is 11.5 Å². The fourth-order valence-electron chi connectivity index (χ4n) is 4.81. The number of aromatic nitrogens is 2. The zero-order chi connectivity index (χ0) is 26.5. The van der Waals surface area contributed by atoms with Crippen LogP contribution in [0.4, 0.5) is 0 Å². The Hall–Kier alpha value is -4.51. The van der Waals surface area contributed by atoms with Crippen LogP contribution in [0.5, 0.6) is 0 Å². The molecule has 0 aliphatic heterocycles. The molecule has 1 amide bonds. The lowest BCUT2D eigenvalue weighted by Crippen LogP contribution is -2.38. The maximum absolute atomic E-state index is 13.9. The smallest absolute Gasteiger partial charge is 0.266 e. The maximum Gasteiger partial charge on any atom is 0.266 e. The van der Waals surface area contributed by atoms with E-state index in [4.69, 9.17) is 4.98 Å². The number of hydrogen-bond donors (Lipinski definition) is 0. The highest BCUT2D eigenvalue weighted by Crippen LogP contribution is 2.25. The highest BCUT2D eigenvalue weighted by atomic mass is 16.2. The molecular weight excluding hydrogens is 470 g/mol. The van der Waals surface area contributed by atoms with Crippen LogP contribution < -0.4 is 5.56 Å². The van der Waals surface area contributed by atoms with Crippen molar-refractivity contribution in [3.63, 3.8) is 0 Å². The molecule has 0 aliphatic rings. The lowest BCUT2D eigenvalue weighted by atomic mass is 10.1. The first-order valence-electron chi connectivity index (χ1n) is 13.1. The van der Waals surface area contributed by atoms with Crippen molar-refractivity contribution in [3.05, 3.63) is 142 Å². The largest absolute Gasteiger partial charge is 0.328 e. The molecule has 1 aromatic heterocycles. The molecule has 1 atom stereocenters. The van der Waals surface area contributed by atoms with Gasteiger partial charge in [-0.2, -0.15) is 0 Å². The molecule has 1 unspecified atom stereocenters. The summed E-state index contributed by atoms with van der Waals surface area (Å²) in [6, 6.07) is 34.3. The zero-order valence-corrected chi connectivity index (χ0v) is 21.7. The number of nitrogens with zero attached hydrogens (tertiary/aromatic N) is 3. The summed E-state index contributed by atoms with van der Waals surface area (Å²) in [7, 11) is 0. The number of hydrogen-bond acceptors (Lipinski definition) is 3. The predicted octanol–water partition coefficient (Wildman–Crippen LogP) is 6.39. The molecule has 5 nitrogen and oxygen atoms in total. The fourth-order valence-corrected chi connectivity index (χ4v) is 4.81. The topological polar surface area (TPSA) is 55.2 Å². The Morgan fingerprint density at radius 2 is 1.45 bits per heavy atom. The standard InChI is InChI=1S/C33H31N3O2/c1-3-25-18-20-28(21-19-25)36-31(34-30-17-11-10-16-29(30)33(36)38)24(2)35(23-22-26-12-6-4-7-13-26)32(37)27-14-8-5-9-15-27/h4-21,24H,3,22-23H2,1-2H3. The molecule has 38 heavy (non-hydrogen) atoms. The van der Waals surface area contributed by atoms with Crippen molar-refractivity contribution in [2.24, 2.45) is 0 Å². The summed E-state index contributed by atoms with van der Waals surface area (Å²) in [5, 5.41) is 0.549. The van der Waals surface area contributed by atoms with E-state index in [1.165, 1.54) is 5.56 Å². The number of aryl methyl sites for hydroxylation is 1. The highest BCUT2D eigenvalue weighted by molar-refractivity contribution is 5.94. The van der Waals surface area contributed by atoms with Gasteiger partial charge in [0, 0.05) is 12.1 Å². The van der Waals surface area contributed by atoms with Gasteiger partial charge in [0.15, 0.2) is 0 Å². The summed E-state index contributed by atoms with van der Waals surface area (Å²) < 4.78 is 1.67. The molecule has 0 bridgehead atoms. The van der Waals surface area contributed by atoms with Gasteiger partial charge in [0.1, 0.15) is 5.82 Å². The lowest BCUT2D eigenvalue weighted by molar-refractivity contribution is 0.0683. The van der Waals surface area contributed by atoms with Crippen LogP contribution in [-0.2, 0) is 12.8 Å². The lowest BCUT2D eigenvalue weighted by Gasteiger charge is -2.31. The maximum atomic E-state index is 13.9. The van der Waals surface area contributed by atoms with Gasteiger partial charge in [-0.1, -0.05) is 79.7 Å². The van der Waals surface area contributed by atoms with Crippen LogP contribution in [0.25, 0.3) is 16.6 Å². The van der Waals surface area contributed by atoms with E-state index in [0.29, 0.717) is 35.3 Å². The second-order valence-electron chi connectivity index (χ2n) is 9.42. The third-order valence-corrected chi connectivity index (χ3v) is 7.01. The van der Waals surface area contributed by atoms with Crippen LogP contribution in [0.3, 0.4) is 0 Å². The molecular formula is C33H31N3O2. The molecule has 0 aliphatic carbocycles. The number of carbonyl (C=O) groups excluding carboxylic acids is 1. The van der Waals surface area contributed by atoms with Crippen molar-refractivity contribution >= 4 is 16.8 Å². The Morgan fingerprint density at radius 1 is 0.816 bits per heavy atom. The summed E-state index contributed by atoms with van der Waals surface area (Å²) in [5.41, 5.74) is 4.16.